The summed E-state index contributed by atoms with van der Waals surface area (Å²) in [5.74, 6) is 0.990. The van der Waals surface area contributed by atoms with Gasteiger partial charge in [-0.1, -0.05) is 13.3 Å². The van der Waals surface area contributed by atoms with Crippen molar-refractivity contribution in [2.24, 2.45) is 5.92 Å². The zero-order valence-corrected chi connectivity index (χ0v) is 10.9. The van der Waals surface area contributed by atoms with Gasteiger partial charge in [-0.25, -0.2) is 0 Å². The van der Waals surface area contributed by atoms with Gasteiger partial charge in [-0.15, -0.1) is 0 Å². The van der Waals surface area contributed by atoms with Crippen LogP contribution in [0.5, 0.6) is 0 Å². The predicted molar refractivity (Wildman–Crippen MR) is 67.5 cm³/mol. The first-order chi connectivity index (χ1) is 7.61. The van der Waals surface area contributed by atoms with E-state index in [0.717, 1.165) is 37.9 Å². The molecule has 0 unspecified atom stereocenters. The fourth-order valence-electron chi connectivity index (χ4n) is 3.29. The lowest BCUT2D eigenvalue weighted by molar-refractivity contribution is -0.0226. The first kappa shape index (κ1) is 12.4. The standard InChI is InChI=1S/C14H27NO/c1-3-12-4-6-13(7-5-12)15-10-8-14(2,16)9-11-15/h12-13,16H,3-11H2,1-2H3. The SMILES string of the molecule is CCC1CCC(N2CCC(C)(O)CC2)CC1. The third kappa shape index (κ3) is 2.98. The van der Waals surface area contributed by atoms with E-state index in [1.807, 2.05) is 6.92 Å². The van der Waals surface area contributed by atoms with E-state index in [4.69, 9.17) is 0 Å². The molecule has 2 nitrogen and oxygen atoms in total. The van der Waals surface area contributed by atoms with Gasteiger partial charge in [0, 0.05) is 19.1 Å². The van der Waals surface area contributed by atoms with Crippen LogP contribution in [0, 0.1) is 5.92 Å². The summed E-state index contributed by atoms with van der Waals surface area (Å²) < 4.78 is 0. The Morgan fingerprint density at radius 1 is 1.12 bits per heavy atom. The summed E-state index contributed by atoms with van der Waals surface area (Å²) >= 11 is 0. The van der Waals surface area contributed by atoms with E-state index < -0.39 is 5.60 Å². The minimum atomic E-state index is -0.392. The molecule has 0 spiro atoms. The second-order valence-corrected chi connectivity index (χ2v) is 6.12. The topological polar surface area (TPSA) is 23.5 Å². The maximum absolute atomic E-state index is 9.94. The summed E-state index contributed by atoms with van der Waals surface area (Å²) in [5, 5.41) is 9.94. The van der Waals surface area contributed by atoms with Crippen molar-refractivity contribution < 1.29 is 5.11 Å². The predicted octanol–water partition coefficient (Wildman–Crippen LogP) is 2.80. The molecule has 1 heterocycles. The lowest BCUT2D eigenvalue weighted by Gasteiger charge is -2.42. The van der Waals surface area contributed by atoms with Crippen LogP contribution in [0.2, 0.25) is 0 Å². The van der Waals surface area contributed by atoms with Gasteiger partial charge in [-0.2, -0.15) is 0 Å². The van der Waals surface area contributed by atoms with Crippen molar-refractivity contribution in [1.82, 2.24) is 4.90 Å². The Bertz CT molecular complexity index is 209. The van der Waals surface area contributed by atoms with Gasteiger partial charge in [-0.05, 0) is 51.4 Å². The lowest BCUT2D eigenvalue weighted by atomic mass is 9.82. The second-order valence-electron chi connectivity index (χ2n) is 6.12. The first-order valence-corrected chi connectivity index (χ1v) is 7.07. The molecule has 2 heteroatoms. The minimum Gasteiger partial charge on any atom is -0.390 e. The molecule has 2 rings (SSSR count). The number of rotatable bonds is 2. The molecular formula is C14H27NO. The molecule has 0 aromatic carbocycles. The van der Waals surface area contributed by atoms with Gasteiger partial charge >= 0.3 is 0 Å². The summed E-state index contributed by atoms with van der Waals surface area (Å²) in [6.45, 7) is 6.52. The fourth-order valence-corrected chi connectivity index (χ4v) is 3.29. The third-order valence-corrected chi connectivity index (χ3v) is 4.79. The monoisotopic (exact) mass is 225 g/mol. The Kier molecular flexibility index (Phi) is 3.91. The van der Waals surface area contributed by atoms with Crippen LogP contribution in [-0.2, 0) is 0 Å². The van der Waals surface area contributed by atoms with Crippen LogP contribution in [0.15, 0.2) is 0 Å². The Hall–Kier alpha value is -0.0800. The molecule has 0 radical (unpaired) electrons. The van der Waals surface area contributed by atoms with E-state index >= 15 is 0 Å². The highest BCUT2D eigenvalue weighted by atomic mass is 16.3. The highest BCUT2D eigenvalue weighted by Crippen LogP contribution is 2.32. The maximum Gasteiger partial charge on any atom is 0.0644 e. The van der Waals surface area contributed by atoms with E-state index in [2.05, 4.69) is 11.8 Å². The van der Waals surface area contributed by atoms with Crippen LogP contribution in [0.4, 0.5) is 0 Å². The molecule has 94 valence electrons. The van der Waals surface area contributed by atoms with Crippen LogP contribution in [0.1, 0.15) is 58.8 Å². The van der Waals surface area contributed by atoms with Gasteiger partial charge in [0.25, 0.3) is 0 Å². The second kappa shape index (κ2) is 5.05. The Labute approximate surface area is 100 Å². The van der Waals surface area contributed by atoms with Crippen LogP contribution >= 0.6 is 0 Å². The molecule has 0 bridgehead atoms. The molecule has 1 N–H and O–H groups in total. The highest BCUT2D eigenvalue weighted by Gasteiger charge is 2.32. The maximum atomic E-state index is 9.94. The molecular weight excluding hydrogens is 198 g/mol. The molecule has 0 aromatic heterocycles. The number of likely N-dealkylation sites (tertiary alicyclic amines) is 1. The van der Waals surface area contributed by atoms with Crippen molar-refractivity contribution in [3.05, 3.63) is 0 Å². The number of piperidine rings is 1. The smallest absolute Gasteiger partial charge is 0.0644 e. The van der Waals surface area contributed by atoms with Crippen molar-refractivity contribution in [2.45, 2.75) is 70.4 Å². The van der Waals surface area contributed by atoms with Crippen LogP contribution < -0.4 is 0 Å². The summed E-state index contributed by atoms with van der Waals surface area (Å²) in [6, 6.07) is 0.818. The molecule has 1 aliphatic heterocycles. The molecule has 1 aliphatic carbocycles. The summed E-state index contributed by atoms with van der Waals surface area (Å²) in [6.07, 6.45) is 8.91. The molecule has 0 aromatic rings. The average Bonchev–Trinajstić information content (AvgIpc) is 2.29. The number of hydrogen-bond acceptors (Lipinski definition) is 2. The normalized spacial score (nSPS) is 36.2. The van der Waals surface area contributed by atoms with E-state index in [-0.39, 0.29) is 0 Å². The van der Waals surface area contributed by atoms with Gasteiger partial charge in [0.1, 0.15) is 0 Å². The van der Waals surface area contributed by atoms with Gasteiger partial charge in [-0.3, -0.25) is 0 Å². The zero-order valence-electron chi connectivity index (χ0n) is 10.9. The zero-order chi connectivity index (χ0) is 11.6. The fraction of sp³-hybridized carbons (Fsp3) is 1.00. The van der Waals surface area contributed by atoms with Gasteiger partial charge < -0.3 is 10.0 Å². The van der Waals surface area contributed by atoms with Crippen LogP contribution in [0.25, 0.3) is 0 Å². The molecule has 1 saturated carbocycles. The number of aliphatic hydroxyl groups is 1. The van der Waals surface area contributed by atoms with Crippen molar-refractivity contribution in [3.8, 4) is 0 Å². The molecule has 16 heavy (non-hydrogen) atoms. The largest absolute Gasteiger partial charge is 0.390 e. The van der Waals surface area contributed by atoms with Crippen molar-refractivity contribution in [2.75, 3.05) is 13.1 Å². The number of nitrogens with zero attached hydrogens (tertiary/aromatic N) is 1. The average molecular weight is 225 g/mol. The molecule has 1 saturated heterocycles. The van der Waals surface area contributed by atoms with E-state index in [0.29, 0.717) is 0 Å². The Balaban J connectivity index is 1.78. The van der Waals surface area contributed by atoms with Crippen molar-refractivity contribution in [1.29, 1.82) is 0 Å². The number of hydrogen-bond donors (Lipinski definition) is 1. The molecule has 2 fully saturated rings. The summed E-state index contributed by atoms with van der Waals surface area (Å²) in [5.41, 5.74) is -0.392. The molecule has 2 aliphatic rings. The third-order valence-electron chi connectivity index (χ3n) is 4.79. The minimum absolute atomic E-state index is 0.392. The van der Waals surface area contributed by atoms with Gasteiger partial charge in [0.2, 0.25) is 0 Å². The quantitative estimate of drug-likeness (QED) is 0.781. The van der Waals surface area contributed by atoms with Gasteiger partial charge in [0.15, 0.2) is 0 Å². The Morgan fingerprint density at radius 2 is 1.69 bits per heavy atom. The van der Waals surface area contributed by atoms with Crippen LogP contribution in [0.3, 0.4) is 0 Å². The van der Waals surface area contributed by atoms with Crippen molar-refractivity contribution in [3.63, 3.8) is 0 Å². The molecule has 0 amide bonds. The van der Waals surface area contributed by atoms with E-state index in [1.165, 1.54) is 32.1 Å². The van der Waals surface area contributed by atoms with Crippen LogP contribution in [-0.4, -0.2) is 34.7 Å². The first-order valence-electron chi connectivity index (χ1n) is 7.07. The molecule has 0 atom stereocenters. The Morgan fingerprint density at radius 3 is 2.19 bits per heavy atom. The van der Waals surface area contributed by atoms with E-state index in [1.54, 1.807) is 0 Å². The lowest BCUT2D eigenvalue weighted by Crippen LogP contribution is -2.47. The highest BCUT2D eigenvalue weighted by molar-refractivity contribution is 4.87. The van der Waals surface area contributed by atoms with Gasteiger partial charge in [0.05, 0.1) is 5.60 Å². The van der Waals surface area contributed by atoms with E-state index in [9.17, 15) is 5.11 Å². The van der Waals surface area contributed by atoms with Crippen molar-refractivity contribution >= 4 is 0 Å². The summed E-state index contributed by atoms with van der Waals surface area (Å²) in [4.78, 5) is 2.63. The summed E-state index contributed by atoms with van der Waals surface area (Å²) in [7, 11) is 0.